The van der Waals surface area contributed by atoms with Crippen LogP contribution >= 0.6 is 0 Å². The van der Waals surface area contributed by atoms with Crippen LogP contribution in [0.4, 0.5) is 5.69 Å². The highest BCUT2D eigenvalue weighted by Gasteiger charge is 2.18. The molecule has 0 amide bonds. The number of piperidine rings is 1. The summed E-state index contributed by atoms with van der Waals surface area (Å²) in [7, 11) is 0. The van der Waals surface area contributed by atoms with Gasteiger partial charge in [0.1, 0.15) is 0 Å². The fourth-order valence-corrected chi connectivity index (χ4v) is 2.73. The second-order valence-electron chi connectivity index (χ2n) is 5.40. The number of nitrogens with one attached hydrogen (secondary N) is 1. The third-order valence-electron chi connectivity index (χ3n) is 3.85. The lowest BCUT2D eigenvalue weighted by Crippen LogP contribution is -2.39. The average molecular weight is 257 g/mol. The molecule has 0 atom stereocenters. The molecule has 1 aliphatic rings. The highest BCUT2D eigenvalue weighted by atomic mass is 15.1. The second-order valence-corrected chi connectivity index (χ2v) is 5.40. The summed E-state index contributed by atoms with van der Waals surface area (Å²) in [5, 5.41) is 12.5. The first-order valence-corrected chi connectivity index (χ1v) is 7.22. The number of nitrogens with zero attached hydrogens (tertiary/aromatic N) is 2. The minimum atomic E-state index is 0.570. The van der Waals surface area contributed by atoms with E-state index in [4.69, 9.17) is 5.26 Å². The zero-order valence-corrected chi connectivity index (χ0v) is 11.9. The Balaban J connectivity index is 1.89. The minimum Gasteiger partial charge on any atom is -0.382 e. The van der Waals surface area contributed by atoms with Crippen LogP contribution in [0, 0.1) is 18.3 Å². The first-order valence-electron chi connectivity index (χ1n) is 7.22. The summed E-state index contributed by atoms with van der Waals surface area (Å²) in [6, 6.07) is 8.79. The van der Waals surface area contributed by atoms with Crippen molar-refractivity contribution in [2.45, 2.75) is 39.2 Å². The van der Waals surface area contributed by atoms with Gasteiger partial charge in [-0.2, -0.15) is 5.26 Å². The molecular formula is C16H23N3. The van der Waals surface area contributed by atoms with Gasteiger partial charge in [0.2, 0.25) is 0 Å². The largest absolute Gasteiger partial charge is 0.382 e. The number of rotatable bonds is 4. The maximum atomic E-state index is 8.93. The third-order valence-corrected chi connectivity index (χ3v) is 3.85. The van der Waals surface area contributed by atoms with Gasteiger partial charge in [0.25, 0.3) is 0 Å². The Hall–Kier alpha value is -1.53. The van der Waals surface area contributed by atoms with Gasteiger partial charge in [-0.1, -0.05) is 6.92 Å². The van der Waals surface area contributed by atoms with E-state index < -0.39 is 0 Å². The minimum absolute atomic E-state index is 0.570. The SMILES string of the molecule is CCCN1CCC(Nc2ccc(C#N)c(C)c2)CC1. The van der Waals surface area contributed by atoms with E-state index in [0.29, 0.717) is 6.04 Å². The van der Waals surface area contributed by atoms with Gasteiger partial charge in [0.15, 0.2) is 0 Å². The summed E-state index contributed by atoms with van der Waals surface area (Å²) in [6.07, 6.45) is 3.66. The second kappa shape index (κ2) is 6.58. The van der Waals surface area contributed by atoms with E-state index in [9.17, 15) is 0 Å². The molecular weight excluding hydrogens is 234 g/mol. The van der Waals surface area contributed by atoms with Crippen molar-refractivity contribution in [2.75, 3.05) is 25.0 Å². The number of hydrogen-bond donors (Lipinski definition) is 1. The van der Waals surface area contributed by atoms with E-state index in [1.165, 1.54) is 38.9 Å². The summed E-state index contributed by atoms with van der Waals surface area (Å²) in [5.74, 6) is 0. The standard InChI is InChI=1S/C16H23N3/c1-3-8-19-9-6-15(7-10-19)18-16-5-4-14(12-17)13(2)11-16/h4-5,11,15,18H,3,6-10H2,1-2H3. The molecule has 1 saturated heterocycles. The molecule has 2 rings (SSSR count). The van der Waals surface area contributed by atoms with Gasteiger partial charge in [-0.25, -0.2) is 0 Å². The van der Waals surface area contributed by atoms with Crippen molar-refractivity contribution in [3.8, 4) is 6.07 Å². The molecule has 0 aromatic heterocycles. The van der Waals surface area contributed by atoms with Crippen LogP contribution in [-0.4, -0.2) is 30.6 Å². The molecule has 3 heteroatoms. The van der Waals surface area contributed by atoms with Gasteiger partial charge in [0, 0.05) is 24.8 Å². The maximum Gasteiger partial charge on any atom is 0.0994 e. The first kappa shape index (κ1) is 13.9. The quantitative estimate of drug-likeness (QED) is 0.900. The van der Waals surface area contributed by atoms with E-state index in [1.54, 1.807) is 0 Å². The van der Waals surface area contributed by atoms with Crippen molar-refractivity contribution < 1.29 is 0 Å². The predicted molar refractivity (Wildman–Crippen MR) is 79.3 cm³/mol. The Kier molecular flexibility index (Phi) is 4.81. The molecule has 1 aromatic rings. The van der Waals surface area contributed by atoms with E-state index in [2.05, 4.69) is 29.3 Å². The lowest BCUT2D eigenvalue weighted by Gasteiger charge is -2.32. The van der Waals surface area contributed by atoms with Crippen molar-refractivity contribution in [3.05, 3.63) is 29.3 Å². The van der Waals surface area contributed by atoms with Gasteiger partial charge in [-0.15, -0.1) is 0 Å². The summed E-state index contributed by atoms with van der Waals surface area (Å²) in [6.45, 7) is 7.85. The van der Waals surface area contributed by atoms with E-state index in [-0.39, 0.29) is 0 Å². The highest BCUT2D eigenvalue weighted by molar-refractivity contribution is 5.52. The average Bonchev–Trinajstić information content (AvgIpc) is 2.42. The molecule has 1 N–H and O–H groups in total. The molecule has 0 radical (unpaired) electrons. The lowest BCUT2D eigenvalue weighted by molar-refractivity contribution is 0.219. The molecule has 0 spiro atoms. The summed E-state index contributed by atoms with van der Waals surface area (Å²) < 4.78 is 0. The van der Waals surface area contributed by atoms with Crippen LogP contribution in [-0.2, 0) is 0 Å². The van der Waals surface area contributed by atoms with Crippen molar-refractivity contribution in [2.24, 2.45) is 0 Å². The summed E-state index contributed by atoms with van der Waals surface area (Å²) >= 11 is 0. The molecule has 3 nitrogen and oxygen atoms in total. The molecule has 102 valence electrons. The van der Waals surface area contributed by atoms with Crippen LogP contribution in [0.3, 0.4) is 0 Å². The van der Waals surface area contributed by atoms with Crippen LogP contribution in [0.25, 0.3) is 0 Å². The summed E-state index contributed by atoms with van der Waals surface area (Å²) in [4.78, 5) is 2.54. The fraction of sp³-hybridized carbons (Fsp3) is 0.562. The van der Waals surface area contributed by atoms with Crippen LogP contribution < -0.4 is 5.32 Å². The van der Waals surface area contributed by atoms with Crippen LogP contribution in [0.1, 0.15) is 37.3 Å². The molecule has 0 aliphatic carbocycles. The van der Waals surface area contributed by atoms with Gasteiger partial charge in [0.05, 0.1) is 11.6 Å². The molecule has 1 aromatic carbocycles. The molecule has 1 fully saturated rings. The van der Waals surface area contributed by atoms with Crippen molar-refractivity contribution in [1.29, 1.82) is 5.26 Å². The van der Waals surface area contributed by atoms with Gasteiger partial charge < -0.3 is 10.2 Å². The van der Waals surface area contributed by atoms with E-state index in [0.717, 1.165) is 16.8 Å². The van der Waals surface area contributed by atoms with Crippen molar-refractivity contribution >= 4 is 5.69 Å². The van der Waals surface area contributed by atoms with Crippen LogP contribution in [0.15, 0.2) is 18.2 Å². The predicted octanol–water partition coefficient (Wildman–Crippen LogP) is 3.15. The molecule has 1 heterocycles. The molecule has 1 aliphatic heterocycles. The third kappa shape index (κ3) is 3.71. The molecule has 0 saturated carbocycles. The molecule has 19 heavy (non-hydrogen) atoms. The number of aryl methyl sites for hydroxylation is 1. The van der Waals surface area contributed by atoms with Crippen molar-refractivity contribution in [3.63, 3.8) is 0 Å². The number of benzene rings is 1. The van der Waals surface area contributed by atoms with Gasteiger partial charge in [-0.3, -0.25) is 0 Å². The maximum absolute atomic E-state index is 8.93. The normalized spacial score (nSPS) is 17.1. The van der Waals surface area contributed by atoms with Crippen molar-refractivity contribution in [1.82, 2.24) is 4.90 Å². The van der Waals surface area contributed by atoms with E-state index in [1.807, 2.05) is 19.1 Å². The number of likely N-dealkylation sites (tertiary alicyclic amines) is 1. The zero-order valence-electron chi connectivity index (χ0n) is 11.9. The smallest absolute Gasteiger partial charge is 0.0994 e. The summed E-state index contributed by atoms with van der Waals surface area (Å²) in [5.41, 5.74) is 2.96. The Morgan fingerprint density at radius 1 is 1.37 bits per heavy atom. The Morgan fingerprint density at radius 2 is 2.11 bits per heavy atom. The fourth-order valence-electron chi connectivity index (χ4n) is 2.73. The van der Waals surface area contributed by atoms with E-state index >= 15 is 0 Å². The zero-order chi connectivity index (χ0) is 13.7. The lowest BCUT2D eigenvalue weighted by atomic mass is 10.0. The monoisotopic (exact) mass is 257 g/mol. The Morgan fingerprint density at radius 3 is 2.68 bits per heavy atom. The molecule has 0 unspecified atom stereocenters. The number of nitriles is 1. The van der Waals surface area contributed by atoms with Gasteiger partial charge in [-0.05, 0) is 56.5 Å². The van der Waals surface area contributed by atoms with Crippen LogP contribution in [0.5, 0.6) is 0 Å². The molecule has 0 bridgehead atoms. The topological polar surface area (TPSA) is 39.1 Å². The number of hydrogen-bond acceptors (Lipinski definition) is 3. The van der Waals surface area contributed by atoms with Gasteiger partial charge >= 0.3 is 0 Å². The Bertz CT molecular complexity index is 454. The first-order chi connectivity index (χ1) is 9.22. The highest BCUT2D eigenvalue weighted by Crippen LogP contribution is 2.19. The van der Waals surface area contributed by atoms with Crippen LogP contribution in [0.2, 0.25) is 0 Å². The Labute approximate surface area is 116 Å². The number of anilines is 1.